The molecule has 0 amide bonds. The molecule has 0 atom stereocenters. The van der Waals surface area contributed by atoms with Crippen LogP contribution in [0.5, 0.6) is 0 Å². The highest BCUT2D eigenvalue weighted by atomic mass is 35.5. The maximum Gasteiger partial charge on any atom is 0.223 e. The van der Waals surface area contributed by atoms with Crippen LogP contribution in [0.4, 0.5) is 5.69 Å². The Kier molecular flexibility index (Phi) is 3.61. The van der Waals surface area contributed by atoms with Crippen LogP contribution < -0.4 is 5.32 Å². The third-order valence-corrected chi connectivity index (χ3v) is 1.61. The Hall–Kier alpha value is -1.02. The van der Waals surface area contributed by atoms with Crippen molar-refractivity contribution in [3.8, 4) is 0 Å². The van der Waals surface area contributed by atoms with Crippen molar-refractivity contribution >= 4 is 22.5 Å². The van der Waals surface area contributed by atoms with E-state index >= 15 is 0 Å². The van der Waals surface area contributed by atoms with Crippen LogP contribution in [0.2, 0.25) is 0 Å². The van der Waals surface area contributed by atoms with Crippen molar-refractivity contribution in [2.75, 3.05) is 11.9 Å². The van der Waals surface area contributed by atoms with Gasteiger partial charge in [-0.05, 0) is 23.7 Å². The van der Waals surface area contributed by atoms with E-state index < -0.39 is 0 Å². The van der Waals surface area contributed by atoms with Gasteiger partial charge in [-0.25, -0.2) is 0 Å². The smallest absolute Gasteiger partial charge is 0.223 e. The SMILES string of the molecule is O=C(Cl)CCNc1ccccc1. The minimum atomic E-state index is -0.307. The second-order valence-electron chi connectivity index (χ2n) is 2.40. The molecule has 0 aromatic heterocycles. The van der Waals surface area contributed by atoms with Crippen molar-refractivity contribution in [2.45, 2.75) is 6.42 Å². The molecule has 0 aliphatic carbocycles. The molecule has 1 rings (SSSR count). The van der Waals surface area contributed by atoms with Gasteiger partial charge < -0.3 is 5.32 Å². The average molecular weight is 184 g/mol. The molecular formula is C9H10ClNO. The Labute approximate surface area is 76.5 Å². The van der Waals surface area contributed by atoms with E-state index in [0.717, 1.165) is 5.69 Å². The van der Waals surface area contributed by atoms with Crippen molar-refractivity contribution in [1.82, 2.24) is 0 Å². The average Bonchev–Trinajstić information content (AvgIpc) is 2.05. The van der Waals surface area contributed by atoms with Gasteiger partial charge >= 0.3 is 0 Å². The van der Waals surface area contributed by atoms with Crippen molar-refractivity contribution in [2.24, 2.45) is 0 Å². The molecule has 64 valence electrons. The summed E-state index contributed by atoms with van der Waals surface area (Å²) in [6.07, 6.45) is 0.358. The number of hydrogen-bond donors (Lipinski definition) is 1. The van der Waals surface area contributed by atoms with Crippen molar-refractivity contribution in [1.29, 1.82) is 0 Å². The topological polar surface area (TPSA) is 29.1 Å². The second kappa shape index (κ2) is 4.78. The van der Waals surface area contributed by atoms with Crippen LogP contribution in [-0.2, 0) is 4.79 Å². The van der Waals surface area contributed by atoms with Crippen LogP contribution in [0.15, 0.2) is 30.3 Å². The number of anilines is 1. The van der Waals surface area contributed by atoms with Gasteiger partial charge in [-0.15, -0.1) is 0 Å². The van der Waals surface area contributed by atoms with Gasteiger partial charge in [0.25, 0.3) is 0 Å². The molecule has 0 bridgehead atoms. The lowest BCUT2D eigenvalue weighted by Gasteiger charge is -2.02. The Morgan fingerprint density at radius 2 is 2.00 bits per heavy atom. The van der Waals surface area contributed by atoms with Crippen LogP contribution in [-0.4, -0.2) is 11.8 Å². The zero-order valence-electron chi connectivity index (χ0n) is 6.59. The van der Waals surface area contributed by atoms with E-state index in [1.54, 1.807) is 0 Å². The lowest BCUT2D eigenvalue weighted by Crippen LogP contribution is -2.04. The Bertz CT molecular complexity index is 248. The molecule has 1 aromatic rings. The lowest BCUT2D eigenvalue weighted by atomic mass is 10.3. The normalized spacial score (nSPS) is 9.42. The first-order valence-electron chi connectivity index (χ1n) is 3.76. The molecule has 0 aliphatic heterocycles. The highest BCUT2D eigenvalue weighted by molar-refractivity contribution is 6.63. The van der Waals surface area contributed by atoms with E-state index in [1.807, 2.05) is 30.3 Å². The number of rotatable bonds is 4. The fourth-order valence-electron chi connectivity index (χ4n) is 0.861. The van der Waals surface area contributed by atoms with Crippen LogP contribution in [0, 0.1) is 0 Å². The quantitative estimate of drug-likeness (QED) is 0.726. The first-order valence-corrected chi connectivity index (χ1v) is 4.14. The summed E-state index contributed by atoms with van der Waals surface area (Å²) in [5, 5.41) is 2.76. The maximum atomic E-state index is 10.4. The van der Waals surface area contributed by atoms with Crippen LogP contribution in [0.25, 0.3) is 0 Å². The van der Waals surface area contributed by atoms with Gasteiger partial charge in [0.2, 0.25) is 5.24 Å². The van der Waals surface area contributed by atoms with Gasteiger partial charge in [0.15, 0.2) is 0 Å². The van der Waals surface area contributed by atoms with Crippen LogP contribution in [0.1, 0.15) is 6.42 Å². The molecule has 2 nitrogen and oxygen atoms in total. The Morgan fingerprint density at radius 1 is 1.33 bits per heavy atom. The highest BCUT2D eigenvalue weighted by Crippen LogP contribution is 2.04. The summed E-state index contributed by atoms with van der Waals surface area (Å²) in [4.78, 5) is 10.4. The summed E-state index contributed by atoms with van der Waals surface area (Å²) < 4.78 is 0. The van der Waals surface area contributed by atoms with Crippen molar-refractivity contribution in [3.05, 3.63) is 30.3 Å². The minimum absolute atomic E-state index is 0.307. The molecule has 1 aromatic carbocycles. The summed E-state index contributed by atoms with van der Waals surface area (Å²) in [6.45, 7) is 0.590. The molecular weight excluding hydrogens is 174 g/mol. The standard InChI is InChI=1S/C9H10ClNO/c10-9(12)6-7-11-8-4-2-1-3-5-8/h1-5,11H,6-7H2. The summed E-state index contributed by atoms with van der Waals surface area (Å²) in [5.41, 5.74) is 1.01. The maximum absolute atomic E-state index is 10.4. The molecule has 0 saturated heterocycles. The predicted molar refractivity (Wildman–Crippen MR) is 50.4 cm³/mol. The third kappa shape index (κ3) is 3.39. The number of nitrogens with one attached hydrogen (secondary N) is 1. The molecule has 3 heteroatoms. The molecule has 0 unspecified atom stereocenters. The largest absolute Gasteiger partial charge is 0.385 e. The molecule has 0 saturated carbocycles. The monoisotopic (exact) mass is 183 g/mol. The van der Waals surface area contributed by atoms with Gasteiger partial charge in [0.05, 0.1) is 0 Å². The number of benzene rings is 1. The van der Waals surface area contributed by atoms with Crippen LogP contribution in [0.3, 0.4) is 0 Å². The van der Waals surface area contributed by atoms with Crippen molar-refractivity contribution in [3.63, 3.8) is 0 Å². The molecule has 0 spiro atoms. The number of hydrogen-bond acceptors (Lipinski definition) is 2. The second-order valence-corrected chi connectivity index (χ2v) is 2.82. The van der Waals surface area contributed by atoms with E-state index in [9.17, 15) is 4.79 Å². The zero-order valence-corrected chi connectivity index (χ0v) is 7.34. The molecule has 0 radical (unpaired) electrons. The minimum Gasteiger partial charge on any atom is -0.385 e. The number of halogens is 1. The number of carbonyl (C=O) groups is 1. The molecule has 0 fully saturated rings. The molecule has 12 heavy (non-hydrogen) atoms. The Balaban J connectivity index is 2.29. The highest BCUT2D eigenvalue weighted by Gasteiger charge is 1.94. The molecule has 0 aliphatic rings. The molecule has 1 N–H and O–H groups in total. The number of para-hydroxylation sites is 1. The predicted octanol–water partition coefficient (Wildman–Crippen LogP) is 2.25. The third-order valence-electron chi connectivity index (χ3n) is 1.42. The van der Waals surface area contributed by atoms with Crippen molar-refractivity contribution < 1.29 is 4.79 Å². The van der Waals surface area contributed by atoms with E-state index in [0.29, 0.717) is 13.0 Å². The van der Waals surface area contributed by atoms with Gasteiger partial charge in [0, 0.05) is 18.7 Å². The van der Waals surface area contributed by atoms with Crippen LogP contribution >= 0.6 is 11.6 Å². The zero-order chi connectivity index (χ0) is 8.81. The Morgan fingerprint density at radius 3 is 2.58 bits per heavy atom. The summed E-state index contributed by atoms with van der Waals surface area (Å²) in [7, 11) is 0. The summed E-state index contributed by atoms with van der Waals surface area (Å²) >= 11 is 5.17. The van der Waals surface area contributed by atoms with E-state index in [4.69, 9.17) is 11.6 Å². The van der Waals surface area contributed by atoms with E-state index in [2.05, 4.69) is 5.32 Å². The summed E-state index contributed by atoms with van der Waals surface area (Å²) in [5.74, 6) is 0. The van der Waals surface area contributed by atoms with Gasteiger partial charge in [0.1, 0.15) is 0 Å². The fraction of sp³-hybridized carbons (Fsp3) is 0.222. The van der Waals surface area contributed by atoms with E-state index in [1.165, 1.54) is 0 Å². The first kappa shape index (κ1) is 9.07. The molecule has 0 heterocycles. The van der Waals surface area contributed by atoms with Gasteiger partial charge in [-0.1, -0.05) is 18.2 Å². The number of carbonyl (C=O) groups excluding carboxylic acids is 1. The van der Waals surface area contributed by atoms with Gasteiger partial charge in [-0.2, -0.15) is 0 Å². The van der Waals surface area contributed by atoms with Gasteiger partial charge in [-0.3, -0.25) is 4.79 Å². The lowest BCUT2D eigenvalue weighted by molar-refractivity contribution is -0.111. The first-order chi connectivity index (χ1) is 5.79. The van der Waals surface area contributed by atoms with E-state index in [-0.39, 0.29) is 5.24 Å². The fourth-order valence-corrected chi connectivity index (χ4v) is 0.956. The summed E-state index contributed by atoms with van der Waals surface area (Å²) in [6, 6.07) is 9.70.